The molecular weight excluding hydrogens is 261 g/mol. The first kappa shape index (κ1) is 16.9. The molecule has 0 aromatic rings. The smallest absolute Gasteiger partial charge is 0.351 e. The lowest BCUT2D eigenvalue weighted by Crippen LogP contribution is -2.37. The van der Waals surface area contributed by atoms with E-state index in [9.17, 15) is 9.36 Å². The number of nitrogens with two attached hydrogens (primary N) is 1. The van der Waals surface area contributed by atoms with Crippen LogP contribution in [0.2, 0.25) is 0 Å². The van der Waals surface area contributed by atoms with Gasteiger partial charge in [0.25, 0.3) is 0 Å². The molecule has 0 fully saturated rings. The summed E-state index contributed by atoms with van der Waals surface area (Å²) in [5, 5.41) is 8.57. The van der Waals surface area contributed by atoms with Crippen LogP contribution in [0.4, 0.5) is 0 Å². The first-order chi connectivity index (χ1) is 8.34. The van der Waals surface area contributed by atoms with Crippen LogP contribution in [0.15, 0.2) is 4.99 Å². The first-order valence-electron chi connectivity index (χ1n) is 5.45. The highest BCUT2D eigenvalue weighted by Crippen LogP contribution is 2.47. The van der Waals surface area contributed by atoms with Crippen molar-refractivity contribution in [2.45, 2.75) is 13.8 Å². The average molecular weight is 281 g/mol. The molecule has 0 aliphatic heterocycles. The van der Waals surface area contributed by atoms with E-state index in [2.05, 4.69) is 4.99 Å². The van der Waals surface area contributed by atoms with Gasteiger partial charge >= 0.3 is 13.6 Å². The van der Waals surface area contributed by atoms with Crippen molar-refractivity contribution in [2.24, 2.45) is 10.7 Å². The fourth-order valence-corrected chi connectivity index (χ4v) is 2.42. The maximum absolute atomic E-state index is 12.0. The van der Waals surface area contributed by atoms with Crippen molar-refractivity contribution in [1.29, 1.82) is 0 Å². The highest BCUT2D eigenvalue weighted by molar-refractivity contribution is 7.53. The molecule has 0 amide bonds. The summed E-state index contributed by atoms with van der Waals surface area (Å²) in [5.74, 6) is -1.06. The summed E-state index contributed by atoms with van der Waals surface area (Å²) in [6, 6.07) is 0. The highest BCUT2D eigenvalue weighted by Gasteiger charge is 2.23. The van der Waals surface area contributed by atoms with E-state index in [1.165, 1.54) is 11.9 Å². The third-order valence-corrected chi connectivity index (χ3v) is 3.61. The largest absolute Gasteiger partial charge is 0.480 e. The zero-order chi connectivity index (χ0) is 14.2. The van der Waals surface area contributed by atoms with Gasteiger partial charge in [0, 0.05) is 7.05 Å². The third kappa shape index (κ3) is 6.58. The molecule has 3 N–H and O–H groups in total. The normalized spacial score (nSPS) is 12.5. The molecule has 0 aliphatic carbocycles. The zero-order valence-electron chi connectivity index (χ0n) is 10.8. The Bertz CT molecular complexity index is 337. The van der Waals surface area contributed by atoms with Crippen LogP contribution in [0.1, 0.15) is 13.8 Å². The van der Waals surface area contributed by atoms with Gasteiger partial charge in [-0.15, -0.1) is 0 Å². The number of hydrogen-bond donors (Lipinski definition) is 2. The molecule has 0 saturated carbocycles. The van der Waals surface area contributed by atoms with Crippen LogP contribution in [0.25, 0.3) is 0 Å². The topological polar surface area (TPSA) is 114 Å². The SMILES string of the molecule is CCOP(=O)(CN=C(N)N(C)CC(=O)O)OCC. The summed E-state index contributed by atoms with van der Waals surface area (Å²) in [4.78, 5) is 15.5. The van der Waals surface area contributed by atoms with Gasteiger partial charge in [0.1, 0.15) is 12.8 Å². The Morgan fingerprint density at radius 1 is 1.39 bits per heavy atom. The van der Waals surface area contributed by atoms with E-state index in [4.69, 9.17) is 19.9 Å². The molecule has 0 aromatic carbocycles. The van der Waals surface area contributed by atoms with Crippen molar-refractivity contribution in [3.8, 4) is 0 Å². The summed E-state index contributed by atoms with van der Waals surface area (Å²) >= 11 is 0. The minimum absolute atomic E-state index is 0.0305. The van der Waals surface area contributed by atoms with Gasteiger partial charge < -0.3 is 24.8 Å². The van der Waals surface area contributed by atoms with Gasteiger partial charge in [0.05, 0.1) is 13.2 Å². The average Bonchev–Trinajstić information content (AvgIpc) is 2.25. The Morgan fingerprint density at radius 2 is 1.89 bits per heavy atom. The van der Waals surface area contributed by atoms with Crippen molar-refractivity contribution >= 4 is 19.5 Å². The molecule has 0 aromatic heterocycles. The van der Waals surface area contributed by atoms with Crippen LogP contribution in [-0.2, 0) is 18.4 Å². The lowest BCUT2D eigenvalue weighted by molar-refractivity contribution is -0.137. The second-order valence-electron chi connectivity index (χ2n) is 3.35. The minimum atomic E-state index is -3.29. The Labute approximate surface area is 106 Å². The second kappa shape index (κ2) is 8.07. The number of carbonyl (C=O) groups is 1. The Kier molecular flexibility index (Phi) is 7.58. The highest BCUT2D eigenvalue weighted by atomic mass is 31.2. The summed E-state index contributed by atoms with van der Waals surface area (Å²) in [6.07, 6.45) is -0.232. The molecular formula is C9H20N3O5P. The third-order valence-electron chi connectivity index (χ3n) is 1.82. The van der Waals surface area contributed by atoms with Crippen LogP contribution in [0.3, 0.4) is 0 Å². The molecule has 0 heterocycles. The molecule has 0 unspecified atom stereocenters. The molecule has 9 heteroatoms. The van der Waals surface area contributed by atoms with Gasteiger partial charge in [-0.05, 0) is 13.8 Å². The van der Waals surface area contributed by atoms with Crippen molar-refractivity contribution in [2.75, 3.05) is 33.1 Å². The van der Waals surface area contributed by atoms with Crippen molar-refractivity contribution < 1.29 is 23.5 Å². The molecule has 0 rings (SSSR count). The van der Waals surface area contributed by atoms with Gasteiger partial charge in [-0.1, -0.05) is 0 Å². The maximum Gasteiger partial charge on any atom is 0.351 e. The summed E-state index contributed by atoms with van der Waals surface area (Å²) in [7, 11) is -1.82. The van der Waals surface area contributed by atoms with Crippen LogP contribution in [0.5, 0.6) is 0 Å². The minimum Gasteiger partial charge on any atom is -0.480 e. The Balaban J connectivity index is 4.56. The number of guanidine groups is 1. The Hall–Kier alpha value is -1.11. The monoisotopic (exact) mass is 281 g/mol. The van der Waals surface area contributed by atoms with E-state index in [1.54, 1.807) is 13.8 Å². The molecule has 0 bridgehead atoms. The van der Waals surface area contributed by atoms with Crippen molar-refractivity contribution in [3.63, 3.8) is 0 Å². The summed E-state index contributed by atoms with van der Waals surface area (Å²) in [6.45, 7) is 3.56. The first-order valence-corrected chi connectivity index (χ1v) is 7.18. The van der Waals surface area contributed by atoms with E-state index in [1.807, 2.05) is 0 Å². The van der Waals surface area contributed by atoms with Crippen LogP contribution in [-0.4, -0.2) is 55.0 Å². The molecule has 0 aliphatic rings. The van der Waals surface area contributed by atoms with E-state index in [0.717, 1.165) is 0 Å². The number of aliphatic carboxylic acids is 1. The van der Waals surface area contributed by atoms with Gasteiger partial charge in [-0.25, -0.2) is 4.99 Å². The number of carboxylic acids is 1. The maximum atomic E-state index is 12.0. The predicted octanol–water partition coefficient (Wildman–Crippen LogP) is 0.541. The van der Waals surface area contributed by atoms with Gasteiger partial charge in [-0.3, -0.25) is 9.36 Å². The molecule has 8 nitrogen and oxygen atoms in total. The number of rotatable bonds is 8. The summed E-state index contributed by atoms with van der Waals surface area (Å²) < 4.78 is 22.1. The molecule has 18 heavy (non-hydrogen) atoms. The number of aliphatic imine (C=N–C) groups is 1. The second-order valence-corrected chi connectivity index (χ2v) is 5.38. The van der Waals surface area contributed by atoms with Crippen molar-refractivity contribution in [3.05, 3.63) is 0 Å². The van der Waals surface area contributed by atoms with E-state index in [-0.39, 0.29) is 32.0 Å². The van der Waals surface area contributed by atoms with Crippen LogP contribution >= 0.6 is 7.60 Å². The van der Waals surface area contributed by atoms with E-state index >= 15 is 0 Å². The molecule has 0 radical (unpaired) electrons. The lowest BCUT2D eigenvalue weighted by Gasteiger charge is -2.18. The lowest BCUT2D eigenvalue weighted by atomic mass is 10.6. The standard InChI is InChI=1S/C9H20N3O5P/c1-4-16-18(15,17-5-2)7-11-9(10)12(3)6-8(13)14/h4-7H2,1-3H3,(H2,10,11)(H,13,14). The summed E-state index contributed by atoms with van der Waals surface area (Å²) in [5.41, 5.74) is 5.55. The van der Waals surface area contributed by atoms with Gasteiger partial charge in [0.2, 0.25) is 0 Å². The van der Waals surface area contributed by atoms with Crippen molar-refractivity contribution in [1.82, 2.24) is 4.90 Å². The predicted molar refractivity (Wildman–Crippen MR) is 67.6 cm³/mol. The fraction of sp³-hybridized carbons (Fsp3) is 0.778. The van der Waals surface area contributed by atoms with E-state index in [0.29, 0.717) is 0 Å². The fourth-order valence-electron chi connectivity index (χ4n) is 1.08. The Morgan fingerprint density at radius 3 is 2.28 bits per heavy atom. The molecule has 106 valence electrons. The molecule has 0 saturated heterocycles. The van der Waals surface area contributed by atoms with Crippen LogP contribution in [0, 0.1) is 0 Å². The number of hydrogen-bond acceptors (Lipinski definition) is 5. The zero-order valence-corrected chi connectivity index (χ0v) is 11.7. The molecule has 0 atom stereocenters. The molecule has 0 spiro atoms. The van der Waals surface area contributed by atoms with Gasteiger partial charge in [-0.2, -0.15) is 0 Å². The number of likely N-dealkylation sites (N-methyl/N-ethyl adjacent to an activating group) is 1. The van der Waals surface area contributed by atoms with Gasteiger partial charge in [0.15, 0.2) is 5.96 Å². The number of nitrogens with zero attached hydrogens (tertiary/aromatic N) is 2. The number of carboxylic acid groups (broad SMARTS) is 1. The van der Waals surface area contributed by atoms with Crippen LogP contribution < -0.4 is 5.73 Å². The quantitative estimate of drug-likeness (QED) is 0.379. The van der Waals surface area contributed by atoms with E-state index < -0.39 is 13.6 Å².